The van der Waals surface area contributed by atoms with Crippen LogP contribution in [-0.2, 0) is 14.3 Å². The number of methoxy groups -OCH3 is 1. The zero-order chi connectivity index (χ0) is 20.7. The first kappa shape index (κ1) is 20.1. The van der Waals surface area contributed by atoms with E-state index in [1.54, 1.807) is 18.2 Å². The molecule has 2 rings (SSSR count). The normalized spacial score (nSPS) is 9.71. The van der Waals surface area contributed by atoms with Crippen molar-refractivity contribution in [1.82, 2.24) is 0 Å². The third kappa shape index (κ3) is 5.12. The van der Waals surface area contributed by atoms with Crippen LogP contribution in [0.25, 0.3) is 0 Å². The average molecular weight is 383 g/mol. The maximum Gasteiger partial charge on any atom is 0.338 e. The first-order chi connectivity index (χ1) is 13.3. The van der Waals surface area contributed by atoms with Crippen LogP contribution < -0.4 is 5.32 Å². The smallest absolute Gasteiger partial charge is 0.338 e. The van der Waals surface area contributed by atoms with Crippen LogP contribution in [0.3, 0.4) is 0 Å². The molecule has 0 aromatic heterocycles. The number of carbonyl (C=O) groups is 3. The minimum absolute atomic E-state index is 0.207. The second-order valence-corrected chi connectivity index (χ2v) is 5.33. The van der Waals surface area contributed by atoms with Crippen molar-refractivity contribution in [3.05, 3.63) is 69.3 Å². The molecule has 10 heteroatoms. The first-order valence-electron chi connectivity index (χ1n) is 7.69. The van der Waals surface area contributed by atoms with E-state index in [1.165, 1.54) is 6.07 Å². The van der Waals surface area contributed by atoms with Crippen LogP contribution in [0.15, 0.2) is 42.5 Å². The molecule has 0 aliphatic heterocycles. The fourth-order valence-corrected chi connectivity index (χ4v) is 2.15. The summed E-state index contributed by atoms with van der Waals surface area (Å²) in [5.74, 6) is -2.58. The highest BCUT2D eigenvalue weighted by atomic mass is 16.6. The molecule has 28 heavy (non-hydrogen) atoms. The van der Waals surface area contributed by atoms with Gasteiger partial charge in [-0.3, -0.25) is 14.9 Å². The quantitative estimate of drug-likeness (QED) is 0.452. The predicted molar refractivity (Wildman–Crippen MR) is 94.5 cm³/mol. The lowest BCUT2D eigenvalue weighted by atomic mass is 10.1. The van der Waals surface area contributed by atoms with Crippen LogP contribution in [-0.4, -0.2) is 36.5 Å². The van der Waals surface area contributed by atoms with E-state index in [9.17, 15) is 24.5 Å². The van der Waals surface area contributed by atoms with Gasteiger partial charge in [0, 0.05) is 17.8 Å². The first-order valence-corrected chi connectivity index (χ1v) is 7.69. The molecule has 0 saturated heterocycles. The monoisotopic (exact) mass is 383 g/mol. The lowest BCUT2D eigenvalue weighted by Gasteiger charge is -2.08. The van der Waals surface area contributed by atoms with Crippen LogP contribution in [0, 0.1) is 21.4 Å². The van der Waals surface area contributed by atoms with Crippen LogP contribution in [0.4, 0.5) is 11.4 Å². The molecule has 1 N–H and O–H groups in total. The van der Waals surface area contributed by atoms with Gasteiger partial charge < -0.3 is 14.8 Å². The van der Waals surface area contributed by atoms with E-state index in [0.717, 1.165) is 25.3 Å². The minimum atomic E-state index is -1.03. The molecule has 0 heterocycles. The van der Waals surface area contributed by atoms with E-state index in [-0.39, 0.29) is 11.1 Å². The number of hydrogen-bond donors (Lipinski definition) is 1. The number of nitrogens with zero attached hydrogens (tertiary/aromatic N) is 2. The largest absolute Gasteiger partial charge is 0.465 e. The van der Waals surface area contributed by atoms with Crippen molar-refractivity contribution in [3.8, 4) is 6.07 Å². The van der Waals surface area contributed by atoms with Crippen molar-refractivity contribution in [2.24, 2.45) is 0 Å². The maximum atomic E-state index is 12.1. The van der Waals surface area contributed by atoms with Gasteiger partial charge in [0.25, 0.3) is 11.6 Å². The van der Waals surface area contributed by atoms with E-state index in [0.29, 0.717) is 11.3 Å². The van der Waals surface area contributed by atoms with E-state index in [2.05, 4.69) is 10.1 Å². The summed E-state index contributed by atoms with van der Waals surface area (Å²) in [4.78, 5) is 45.8. The Hall–Kier alpha value is -4.26. The fourth-order valence-electron chi connectivity index (χ4n) is 2.15. The van der Waals surface area contributed by atoms with Crippen molar-refractivity contribution in [2.45, 2.75) is 0 Å². The molecule has 0 unspecified atom stereocenters. The standard InChI is InChI=1S/C18H13N3O7/c1-27-17(23)12-6-13(8-15(7-12)21(25)26)18(24)28-10-16(22)20-14-4-2-3-11(5-14)9-19/h2-8H,10H2,1H3,(H,20,22). The van der Waals surface area contributed by atoms with E-state index >= 15 is 0 Å². The fraction of sp³-hybridized carbons (Fsp3) is 0.111. The Labute approximate surface area is 158 Å². The van der Waals surface area contributed by atoms with Crippen LogP contribution in [0.5, 0.6) is 0 Å². The minimum Gasteiger partial charge on any atom is -0.465 e. The Bertz CT molecular complexity index is 995. The molecule has 0 aliphatic rings. The number of carbonyl (C=O) groups excluding carboxylic acids is 3. The molecule has 0 atom stereocenters. The number of amides is 1. The number of nitro benzene ring substituents is 1. The van der Waals surface area contributed by atoms with Crippen LogP contribution in [0.1, 0.15) is 26.3 Å². The van der Waals surface area contributed by atoms with Crippen molar-refractivity contribution in [3.63, 3.8) is 0 Å². The Morgan fingerprint density at radius 2 is 1.82 bits per heavy atom. The third-order valence-electron chi connectivity index (χ3n) is 3.40. The molecular weight excluding hydrogens is 370 g/mol. The molecular formula is C18H13N3O7. The zero-order valence-electron chi connectivity index (χ0n) is 14.5. The summed E-state index contributed by atoms with van der Waals surface area (Å²) in [7, 11) is 1.09. The second kappa shape index (κ2) is 8.91. The van der Waals surface area contributed by atoms with Gasteiger partial charge in [-0.1, -0.05) is 6.07 Å². The summed E-state index contributed by atoms with van der Waals surface area (Å²) < 4.78 is 9.32. The van der Waals surface area contributed by atoms with Gasteiger partial charge in [0.05, 0.1) is 34.8 Å². The Kier molecular flexibility index (Phi) is 6.38. The molecule has 142 valence electrons. The summed E-state index contributed by atoms with van der Waals surface area (Å²) in [5.41, 5.74) is -0.326. The van der Waals surface area contributed by atoms with Crippen LogP contribution in [0.2, 0.25) is 0 Å². The van der Waals surface area contributed by atoms with E-state index in [4.69, 9.17) is 10.00 Å². The number of benzene rings is 2. The molecule has 0 spiro atoms. The van der Waals surface area contributed by atoms with Crippen molar-refractivity contribution in [1.29, 1.82) is 5.26 Å². The molecule has 0 aliphatic carbocycles. The van der Waals surface area contributed by atoms with Crippen molar-refractivity contribution >= 4 is 29.2 Å². The van der Waals surface area contributed by atoms with Crippen LogP contribution >= 0.6 is 0 Å². The van der Waals surface area contributed by atoms with Gasteiger partial charge >= 0.3 is 11.9 Å². The summed E-state index contributed by atoms with van der Waals surface area (Å²) in [5, 5.41) is 22.2. The summed E-state index contributed by atoms with van der Waals surface area (Å²) in [6.45, 7) is -0.675. The zero-order valence-corrected chi connectivity index (χ0v) is 14.5. The summed E-state index contributed by atoms with van der Waals surface area (Å²) in [6.07, 6.45) is 0. The highest BCUT2D eigenvalue weighted by Crippen LogP contribution is 2.19. The van der Waals surface area contributed by atoms with Gasteiger partial charge in [0.15, 0.2) is 6.61 Å². The molecule has 0 saturated carbocycles. The Morgan fingerprint density at radius 1 is 1.14 bits per heavy atom. The molecule has 0 bridgehead atoms. The predicted octanol–water partition coefficient (Wildman–Crippen LogP) is 2.05. The molecule has 1 amide bonds. The topological polar surface area (TPSA) is 149 Å². The highest BCUT2D eigenvalue weighted by Gasteiger charge is 2.20. The van der Waals surface area contributed by atoms with Gasteiger partial charge in [-0.05, 0) is 24.3 Å². The number of nitriles is 1. The van der Waals surface area contributed by atoms with Crippen molar-refractivity contribution < 1.29 is 28.8 Å². The maximum absolute atomic E-state index is 12.1. The highest BCUT2D eigenvalue weighted by molar-refractivity contribution is 5.98. The van der Waals surface area contributed by atoms with Gasteiger partial charge in [0.2, 0.25) is 0 Å². The van der Waals surface area contributed by atoms with E-state index in [1.807, 2.05) is 6.07 Å². The van der Waals surface area contributed by atoms with Gasteiger partial charge in [0.1, 0.15) is 0 Å². The third-order valence-corrected chi connectivity index (χ3v) is 3.40. The number of esters is 2. The molecule has 10 nitrogen and oxygen atoms in total. The number of non-ortho nitro benzene ring substituents is 1. The Balaban J connectivity index is 2.08. The lowest BCUT2D eigenvalue weighted by molar-refractivity contribution is -0.384. The van der Waals surface area contributed by atoms with Gasteiger partial charge in [-0.25, -0.2) is 9.59 Å². The second-order valence-electron chi connectivity index (χ2n) is 5.33. The number of rotatable bonds is 6. The van der Waals surface area contributed by atoms with Crippen molar-refractivity contribution in [2.75, 3.05) is 19.0 Å². The Morgan fingerprint density at radius 3 is 2.43 bits per heavy atom. The molecule has 0 fully saturated rings. The number of anilines is 1. The summed E-state index contributed by atoms with van der Waals surface area (Å²) >= 11 is 0. The molecule has 0 radical (unpaired) electrons. The number of ether oxygens (including phenoxy) is 2. The lowest BCUT2D eigenvalue weighted by Crippen LogP contribution is -2.21. The SMILES string of the molecule is COC(=O)c1cc(C(=O)OCC(=O)Nc2cccc(C#N)c2)cc([N+](=O)[O-])c1. The van der Waals surface area contributed by atoms with Gasteiger partial charge in [-0.15, -0.1) is 0 Å². The number of nitrogens with one attached hydrogen (secondary N) is 1. The number of hydrogen-bond acceptors (Lipinski definition) is 8. The van der Waals surface area contributed by atoms with Gasteiger partial charge in [-0.2, -0.15) is 5.26 Å². The molecule has 2 aromatic rings. The molecule has 2 aromatic carbocycles. The summed E-state index contributed by atoms with van der Waals surface area (Å²) in [6, 6.07) is 11.0. The average Bonchev–Trinajstić information content (AvgIpc) is 2.71. The van der Waals surface area contributed by atoms with E-state index < -0.39 is 35.1 Å². The number of nitro groups is 1.